The van der Waals surface area contributed by atoms with E-state index in [0.29, 0.717) is 5.92 Å². The van der Waals surface area contributed by atoms with Gasteiger partial charge in [0.05, 0.1) is 17.9 Å². The van der Waals surface area contributed by atoms with Crippen LogP contribution in [0.15, 0.2) is 54.9 Å². The van der Waals surface area contributed by atoms with Gasteiger partial charge in [-0.2, -0.15) is 0 Å². The number of hydrogen-bond acceptors (Lipinski definition) is 3. The molecule has 0 unspecified atom stereocenters. The van der Waals surface area contributed by atoms with E-state index in [4.69, 9.17) is 0 Å². The summed E-state index contributed by atoms with van der Waals surface area (Å²) in [6.07, 6.45) is 3.80. The summed E-state index contributed by atoms with van der Waals surface area (Å²) in [6, 6.07) is 14.4. The minimum absolute atomic E-state index is 0.0636. The van der Waals surface area contributed by atoms with E-state index in [9.17, 15) is 0 Å². The molecule has 0 radical (unpaired) electrons. The van der Waals surface area contributed by atoms with E-state index in [-0.39, 0.29) is 6.04 Å². The summed E-state index contributed by atoms with van der Waals surface area (Å²) in [5, 5.41) is 8.66. The minimum atomic E-state index is 0.0636. The van der Waals surface area contributed by atoms with Crippen molar-refractivity contribution in [3.63, 3.8) is 0 Å². The molecular formula is C18H20N4. The molecule has 0 fully saturated rings. The van der Waals surface area contributed by atoms with Crippen molar-refractivity contribution in [2.45, 2.75) is 32.7 Å². The molecule has 4 nitrogen and oxygen atoms in total. The number of hydrogen-bond donors (Lipinski definition) is 0. The molecule has 0 N–H and O–H groups in total. The van der Waals surface area contributed by atoms with Gasteiger partial charge in [0.1, 0.15) is 5.69 Å². The molecule has 22 heavy (non-hydrogen) atoms. The molecule has 1 atom stereocenters. The van der Waals surface area contributed by atoms with Crippen LogP contribution in [0, 0.1) is 0 Å². The molecule has 0 bridgehead atoms. The molecule has 0 aliphatic heterocycles. The van der Waals surface area contributed by atoms with Crippen LogP contribution in [0.2, 0.25) is 0 Å². The van der Waals surface area contributed by atoms with Gasteiger partial charge in [0.25, 0.3) is 0 Å². The van der Waals surface area contributed by atoms with Crippen LogP contribution >= 0.6 is 0 Å². The number of pyridine rings is 1. The minimum Gasteiger partial charge on any atom is -0.259 e. The Hall–Kier alpha value is -2.49. The highest BCUT2D eigenvalue weighted by Gasteiger charge is 2.15. The van der Waals surface area contributed by atoms with Crippen LogP contribution < -0.4 is 0 Å². The maximum absolute atomic E-state index is 4.39. The Morgan fingerprint density at radius 1 is 0.955 bits per heavy atom. The van der Waals surface area contributed by atoms with E-state index in [1.54, 1.807) is 6.20 Å². The van der Waals surface area contributed by atoms with E-state index >= 15 is 0 Å². The van der Waals surface area contributed by atoms with Crippen molar-refractivity contribution in [3.8, 4) is 11.3 Å². The van der Waals surface area contributed by atoms with E-state index < -0.39 is 0 Å². The van der Waals surface area contributed by atoms with Gasteiger partial charge in [0.2, 0.25) is 0 Å². The van der Waals surface area contributed by atoms with E-state index in [0.717, 1.165) is 17.0 Å². The summed E-state index contributed by atoms with van der Waals surface area (Å²) in [6.45, 7) is 6.47. The van der Waals surface area contributed by atoms with E-state index in [1.165, 1.54) is 5.56 Å². The zero-order valence-electron chi connectivity index (χ0n) is 13.1. The molecule has 2 aromatic heterocycles. The quantitative estimate of drug-likeness (QED) is 0.728. The molecule has 112 valence electrons. The fourth-order valence-electron chi connectivity index (χ4n) is 2.58. The standard InChI is InChI=1S/C18H20N4/c1-13(2)15-8-4-5-9-16(15)18-12-22(21-20-18)14(3)17-10-6-7-11-19-17/h4-14H,1-3H3/t14-/m0/s1. The van der Waals surface area contributed by atoms with Gasteiger partial charge in [-0.25, -0.2) is 4.68 Å². The lowest BCUT2D eigenvalue weighted by Crippen LogP contribution is -2.08. The second-order valence-electron chi connectivity index (χ2n) is 5.76. The summed E-state index contributed by atoms with van der Waals surface area (Å²) < 4.78 is 1.87. The van der Waals surface area contributed by atoms with Crippen molar-refractivity contribution in [2.75, 3.05) is 0 Å². The average Bonchev–Trinajstić information content (AvgIpc) is 3.04. The number of aromatic nitrogens is 4. The van der Waals surface area contributed by atoms with Crippen LogP contribution in [0.25, 0.3) is 11.3 Å². The lowest BCUT2D eigenvalue weighted by Gasteiger charge is -2.11. The molecule has 4 heteroatoms. The van der Waals surface area contributed by atoms with E-state index in [1.807, 2.05) is 35.1 Å². The highest BCUT2D eigenvalue weighted by atomic mass is 15.4. The smallest absolute Gasteiger partial charge is 0.113 e. The van der Waals surface area contributed by atoms with Gasteiger partial charge in [-0.05, 0) is 30.5 Å². The summed E-state index contributed by atoms with van der Waals surface area (Å²) >= 11 is 0. The van der Waals surface area contributed by atoms with Gasteiger partial charge in [0, 0.05) is 11.8 Å². The van der Waals surface area contributed by atoms with Gasteiger partial charge in [-0.1, -0.05) is 49.4 Å². The van der Waals surface area contributed by atoms with Crippen LogP contribution in [0.1, 0.15) is 44.0 Å². The zero-order valence-corrected chi connectivity index (χ0v) is 13.1. The van der Waals surface area contributed by atoms with Crippen molar-refractivity contribution in [1.82, 2.24) is 20.0 Å². The Bertz CT molecular complexity index is 747. The second kappa shape index (κ2) is 6.10. The maximum atomic E-state index is 4.39. The van der Waals surface area contributed by atoms with Crippen LogP contribution in [0.4, 0.5) is 0 Å². The van der Waals surface area contributed by atoms with Crippen molar-refractivity contribution in [2.24, 2.45) is 0 Å². The van der Waals surface area contributed by atoms with Gasteiger partial charge >= 0.3 is 0 Å². The molecule has 1 aromatic carbocycles. The predicted molar refractivity (Wildman–Crippen MR) is 87.6 cm³/mol. The third kappa shape index (κ3) is 2.77. The van der Waals surface area contributed by atoms with Gasteiger partial charge in [-0.15, -0.1) is 5.10 Å². The normalized spacial score (nSPS) is 12.5. The van der Waals surface area contributed by atoms with Crippen LogP contribution in [-0.4, -0.2) is 20.0 Å². The molecule has 3 rings (SSSR count). The predicted octanol–water partition coefficient (Wildman–Crippen LogP) is 4.07. The third-order valence-corrected chi connectivity index (χ3v) is 3.88. The van der Waals surface area contributed by atoms with Crippen LogP contribution in [0.3, 0.4) is 0 Å². The fraction of sp³-hybridized carbons (Fsp3) is 0.278. The highest BCUT2D eigenvalue weighted by Crippen LogP contribution is 2.28. The van der Waals surface area contributed by atoms with Crippen molar-refractivity contribution in [3.05, 3.63) is 66.1 Å². The maximum Gasteiger partial charge on any atom is 0.113 e. The first-order chi connectivity index (χ1) is 10.7. The van der Waals surface area contributed by atoms with Gasteiger partial charge in [-0.3, -0.25) is 4.98 Å². The summed E-state index contributed by atoms with van der Waals surface area (Å²) in [5.74, 6) is 0.453. The molecular weight excluding hydrogens is 272 g/mol. The first kappa shape index (κ1) is 14.4. The molecule has 0 aliphatic carbocycles. The Labute approximate surface area is 130 Å². The molecule has 0 spiro atoms. The average molecular weight is 292 g/mol. The lowest BCUT2D eigenvalue weighted by molar-refractivity contribution is 0.532. The highest BCUT2D eigenvalue weighted by molar-refractivity contribution is 5.63. The van der Waals surface area contributed by atoms with Gasteiger partial charge in [0.15, 0.2) is 0 Å². The summed E-state index contributed by atoms with van der Waals surface area (Å²) in [4.78, 5) is 4.39. The number of nitrogens with zero attached hydrogens (tertiary/aromatic N) is 4. The zero-order chi connectivity index (χ0) is 15.5. The largest absolute Gasteiger partial charge is 0.259 e. The van der Waals surface area contributed by atoms with Crippen molar-refractivity contribution < 1.29 is 0 Å². The SMILES string of the molecule is CC(C)c1ccccc1-c1cn([C@@H](C)c2ccccn2)nn1. The molecule has 2 heterocycles. The topological polar surface area (TPSA) is 43.6 Å². The van der Waals surface area contributed by atoms with Gasteiger partial charge < -0.3 is 0 Å². The molecule has 0 aliphatic rings. The second-order valence-corrected chi connectivity index (χ2v) is 5.76. The van der Waals surface area contributed by atoms with E-state index in [2.05, 4.69) is 54.3 Å². The Kier molecular flexibility index (Phi) is 4.00. The Balaban J connectivity index is 1.95. The lowest BCUT2D eigenvalue weighted by atomic mass is 9.96. The molecule has 0 saturated heterocycles. The fourth-order valence-corrected chi connectivity index (χ4v) is 2.58. The number of benzene rings is 1. The first-order valence-electron chi connectivity index (χ1n) is 7.59. The first-order valence-corrected chi connectivity index (χ1v) is 7.59. The molecule has 0 amide bonds. The van der Waals surface area contributed by atoms with Crippen molar-refractivity contribution >= 4 is 0 Å². The Morgan fingerprint density at radius 2 is 1.73 bits per heavy atom. The summed E-state index contributed by atoms with van der Waals surface area (Å²) in [5.41, 5.74) is 4.33. The molecule has 3 aromatic rings. The Morgan fingerprint density at radius 3 is 2.45 bits per heavy atom. The summed E-state index contributed by atoms with van der Waals surface area (Å²) in [7, 11) is 0. The monoisotopic (exact) mass is 292 g/mol. The van der Waals surface area contributed by atoms with Crippen LogP contribution in [-0.2, 0) is 0 Å². The van der Waals surface area contributed by atoms with Crippen molar-refractivity contribution in [1.29, 1.82) is 0 Å². The van der Waals surface area contributed by atoms with Crippen LogP contribution in [0.5, 0.6) is 0 Å². The third-order valence-electron chi connectivity index (χ3n) is 3.88. The molecule has 0 saturated carbocycles. The number of rotatable bonds is 4.